The largest absolute Gasteiger partial charge is 0.357 e. The zero-order valence-electron chi connectivity index (χ0n) is 11.0. The lowest BCUT2D eigenvalue weighted by molar-refractivity contribution is -0.154. The Bertz CT molecular complexity index is 454. The quantitative estimate of drug-likeness (QED) is 0.675. The molecule has 1 saturated carbocycles. The number of urea groups is 1. The van der Waals surface area contributed by atoms with Crippen molar-refractivity contribution in [3.05, 3.63) is 0 Å². The summed E-state index contributed by atoms with van der Waals surface area (Å²) in [5, 5.41) is 4.60. The van der Waals surface area contributed by atoms with Crippen LogP contribution in [0.4, 0.5) is 4.79 Å². The number of barbiturate groups is 1. The number of nitrogens with one attached hydrogen (secondary N) is 2. The molecule has 1 heterocycles. The van der Waals surface area contributed by atoms with Gasteiger partial charge in [0, 0.05) is 7.05 Å². The van der Waals surface area contributed by atoms with E-state index in [9.17, 15) is 19.2 Å². The minimum Gasteiger partial charge on any atom is -0.357 e. The number of rotatable bonds is 2. The van der Waals surface area contributed by atoms with Crippen LogP contribution in [0.2, 0.25) is 0 Å². The van der Waals surface area contributed by atoms with E-state index in [-0.39, 0.29) is 0 Å². The van der Waals surface area contributed by atoms with Gasteiger partial charge in [-0.2, -0.15) is 0 Å². The molecule has 7 heteroatoms. The third kappa shape index (κ3) is 1.89. The van der Waals surface area contributed by atoms with Crippen molar-refractivity contribution >= 4 is 23.8 Å². The van der Waals surface area contributed by atoms with Gasteiger partial charge in [0.1, 0.15) is 11.5 Å². The lowest BCUT2D eigenvalue weighted by Gasteiger charge is -2.38. The van der Waals surface area contributed by atoms with Gasteiger partial charge in [-0.3, -0.25) is 24.6 Å². The van der Waals surface area contributed by atoms with Gasteiger partial charge in [0.25, 0.3) is 0 Å². The predicted molar refractivity (Wildman–Crippen MR) is 64.8 cm³/mol. The van der Waals surface area contributed by atoms with Crippen molar-refractivity contribution in [2.24, 2.45) is 5.41 Å². The van der Waals surface area contributed by atoms with Crippen LogP contribution in [0.15, 0.2) is 0 Å². The van der Waals surface area contributed by atoms with Crippen molar-refractivity contribution in [1.82, 2.24) is 15.5 Å². The lowest BCUT2D eigenvalue weighted by atomic mass is 9.81. The first-order valence-electron chi connectivity index (χ1n) is 6.35. The molecule has 2 aliphatic rings. The van der Waals surface area contributed by atoms with Gasteiger partial charge < -0.3 is 5.32 Å². The fourth-order valence-corrected chi connectivity index (χ4v) is 2.79. The second-order valence-corrected chi connectivity index (χ2v) is 5.01. The molecule has 1 unspecified atom stereocenters. The molecule has 1 spiro atoms. The first kappa shape index (κ1) is 13.5. The van der Waals surface area contributed by atoms with E-state index in [0.29, 0.717) is 12.8 Å². The van der Waals surface area contributed by atoms with Crippen molar-refractivity contribution in [1.29, 1.82) is 0 Å². The topological polar surface area (TPSA) is 95.6 Å². The van der Waals surface area contributed by atoms with Gasteiger partial charge >= 0.3 is 6.03 Å². The Balaban J connectivity index is 2.34. The number of hydrogen-bond acceptors (Lipinski definition) is 4. The molecule has 104 valence electrons. The summed E-state index contributed by atoms with van der Waals surface area (Å²) >= 11 is 0. The summed E-state index contributed by atoms with van der Waals surface area (Å²) in [5.74, 6) is -1.51. The molecule has 2 fully saturated rings. The van der Waals surface area contributed by atoms with Crippen molar-refractivity contribution in [2.75, 3.05) is 7.05 Å². The van der Waals surface area contributed by atoms with Gasteiger partial charge in [0.05, 0.1) is 0 Å². The average molecular weight is 267 g/mol. The molecule has 2 N–H and O–H groups in total. The minimum atomic E-state index is -1.16. The standard InChI is InChI=1S/C12H17N3O4/c1-7(8(16)13-2)15-10(18)12(5-3-4-6-12)9(17)14-11(15)19/h7H,3-6H2,1-2H3,(H,13,16)(H,14,17,19). The molecule has 0 aromatic rings. The molecule has 1 aliphatic carbocycles. The first-order valence-corrected chi connectivity index (χ1v) is 6.35. The summed E-state index contributed by atoms with van der Waals surface area (Å²) in [6.45, 7) is 1.47. The molecule has 5 amide bonds. The Morgan fingerprint density at radius 3 is 2.42 bits per heavy atom. The molecule has 1 aliphatic heterocycles. The van der Waals surface area contributed by atoms with Gasteiger partial charge in [-0.15, -0.1) is 0 Å². The molecule has 2 rings (SSSR count). The van der Waals surface area contributed by atoms with Crippen LogP contribution in [0, 0.1) is 5.41 Å². The van der Waals surface area contributed by atoms with Gasteiger partial charge in [-0.25, -0.2) is 4.79 Å². The van der Waals surface area contributed by atoms with Crippen LogP contribution in [0.25, 0.3) is 0 Å². The molecular weight excluding hydrogens is 250 g/mol. The lowest BCUT2D eigenvalue weighted by Crippen LogP contribution is -2.66. The molecule has 19 heavy (non-hydrogen) atoms. The molecule has 0 radical (unpaired) electrons. The maximum atomic E-state index is 12.5. The maximum Gasteiger partial charge on any atom is 0.331 e. The molecule has 1 saturated heterocycles. The van der Waals surface area contributed by atoms with E-state index in [0.717, 1.165) is 17.7 Å². The summed E-state index contributed by atoms with van der Waals surface area (Å²) in [6, 6.07) is -1.74. The van der Waals surface area contributed by atoms with E-state index >= 15 is 0 Å². The number of carbonyl (C=O) groups is 4. The normalized spacial score (nSPS) is 23.5. The molecule has 0 bridgehead atoms. The zero-order valence-corrected chi connectivity index (χ0v) is 11.0. The summed E-state index contributed by atoms with van der Waals surface area (Å²) in [5.41, 5.74) is -1.16. The summed E-state index contributed by atoms with van der Waals surface area (Å²) in [4.78, 5) is 48.8. The van der Waals surface area contributed by atoms with Gasteiger partial charge in [0.15, 0.2) is 0 Å². The monoisotopic (exact) mass is 267 g/mol. The van der Waals surface area contributed by atoms with Crippen molar-refractivity contribution in [3.8, 4) is 0 Å². The van der Waals surface area contributed by atoms with Gasteiger partial charge in [-0.05, 0) is 19.8 Å². The van der Waals surface area contributed by atoms with Gasteiger partial charge in [0.2, 0.25) is 17.7 Å². The maximum absolute atomic E-state index is 12.5. The fraction of sp³-hybridized carbons (Fsp3) is 0.667. The highest BCUT2D eigenvalue weighted by molar-refractivity contribution is 6.20. The number of amides is 5. The fourth-order valence-electron chi connectivity index (χ4n) is 2.79. The highest BCUT2D eigenvalue weighted by atomic mass is 16.2. The number of nitrogens with zero attached hydrogens (tertiary/aromatic N) is 1. The second-order valence-electron chi connectivity index (χ2n) is 5.01. The van der Waals surface area contributed by atoms with Crippen molar-refractivity contribution < 1.29 is 19.2 Å². The van der Waals surface area contributed by atoms with Crippen LogP contribution in [0.1, 0.15) is 32.6 Å². The highest BCUT2D eigenvalue weighted by Gasteiger charge is 2.56. The van der Waals surface area contributed by atoms with Crippen LogP contribution in [0.5, 0.6) is 0 Å². The molecule has 0 aromatic carbocycles. The first-order chi connectivity index (χ1) is 8.94. The van der Waals surface area contributed by atoms with Crippen LogP contribution >= 0.6 is 0 Å². The Morgan fingerprint density at radius 1 is 1.32 bits per heavy atom. The smallest absolute Gasteiger partial charge is 0.331 e. The van der Waals surface area contributed by atoms with E-state index in [2.05, 4.69) is 10.6 Å². The minimum absolute atomic E-state index is 0.432. The highest BCUT2D eigenvalue weighted by Crippen LogP contribution is 2.42. The van der Waals surface area contributed by atoms with Crippen molar-refractivity contribution in [3.63, 3.8) is 0 Å². The number of imide groups is 2. The van der Waals surface area contributed by atoms with Gasteiger partial charge in [-0.1, -0.05) is 12.8 Å². The Kier molecular flexibility index (Phi) is 3.30. The number of carbonyl (C=O) groups excluding carboxylic acids is 4. The SMILES string of the molecule is CNC(=O)C(C)N1C(=O)NC(=O)C2(CCCC2)C1=O. The van der Waals surface area contributed by atoms with Crippen LogP contribution in [-0.4, -0.2) is 41.7 Å². The Morgan fingerprint density at radius 2 is 1.89 bits per heavy atom. The number of hydrogen-bond donors (Lipinski definition) is 2. The van der Waals surface area contributed by atoms with Crippen LogP contribution in [0.3, 0.4) is 0 Å². The predicted octanol–water partition coefficient (Wildman–Crippen LogP) is -0.240. The van der Waals surface area contributed by atoms with Crippen molar-refractivity contribution in [2.45, 2.75) is 38.6 Å². The van der Waals surface area contributed by atoms with Crippen LogP contribution < -0.4 is 10.6 Å². The summed E-state index contributed by atoms with van der Waals surface area (Å²) in [6.07, 6.45) is 2.41. The average Bonchev–Trinajstić information content (AvgIpc) is 2.86. The summed E-state index contributed by atoms with van der Waals surface area (Å²) < 4.78 is 0. The third-order valence-electron chi connectivity index (χ3n) is 3.97. The van der Waals surface area contributed by atoms with E-state index in [1.165, 1.54) is 14.0 Å². The Labute approximate surface area is 110 Å². The number of likely N-dealkylation sites (N-methyl/N-ethyl adjacent to an activating group) is 1. The second kappa shape index (κ2) is 4.64. The molecule has 0 aromatic heterocycles. The summed E-state index contributed by atoms with van der Waals surface area (Å²) in [7, 11) is 1.43. The van der Waals surface area contributed by atoms with Crippen LogP contribution in [-0.2, 0) is 14.4 Å². The third-order valence-corrected chi connectivity index (χ3v) is 3.97. The Hall–Kier alpha value is -1.92. The van der Waals surface area contributed by atoms with E-state index in [1.54, 1.807) is 0 Å². The molecule has 7 nitrogen and oxygen atoms in total. The van der Waals surface area contributed by atoms with E-state index in [4.69, 9.17) is 0 Å². The molecular formula is C12H17N3O4. The zero-order chi connectivity index (χ0) is 14.2. The molecule has 1 atom stereocenters. The van der Waals surface area contributed by atoms with E-state index < -0.39 is 35.2 Å². The van der Waals surface area contributed by atoms with E-state index in [1.807, 2.05) is 0 Å².